The maximum Gasteiger partial charge on any atom is 0.159 e. The molecule has 2 rings (SSSR count). The van der Waals surface area contributed by atoms with Crippen molar-refractivity contribution in [2.75, 3.05) is 0 Å². The molecule has 4 N–H and O–H groups in total. The average Bonchev–Trinajstić information content (AvgIpc) is 2.36. The Morgan fingerprint density at radius 1 is 1.57 bits per heavy atom. The highest BCUT2D eigenvalue weighted by atomic mass is 15.2. The van der Waals surface area contributed by atoms with E-state index in [1.807, 2.05) is 0 Å². The van der Waals surface area contributed by atoms with Crippen molar-refractivity contribution in [1.29, 1.82) is 5.41 Å². The lowest BCUT2D eigenvalue weighted by atomic mass is 10.1. The second-order valence-electron chi connectivity index (χ2n) is 2.61. The summed E-state index contributed by atoms with van der Waals surface area (Å²) in [5.41, 5.74) is 2.22. The first-order chi connectivity index (χ1) is 8.47. The minimum Gasteiger partial charge on any atom is -0.307 e. The molecule has 0 atom stereocenters. The minimum absolute atomic E-state index is 0.0419. The van der Waals surface area contributed by atoms with E-state index in [0.29, 0.717) is 5.39 Å². The van der Waals surface area contributed by atoms with Crippen LogP contribution in [0.4, 0.5) is 0 Å². The Labute approximate surface area is 86.9 Å². The number of pyridine rings is 1. The number of nitrogens with two attached hydrogens (primary N) is 1. The van der Waals surface area contributed by atoms with Crippen LogP contribution in [0.15, 0.2) is 36.4 Å². The summed E-state index contributed by atoms with van der Waals surface area (Å²) in [5, 5.41) is 8.10. The molecule has 14 heavy (non-hydrogen) atoms. The third kappa shape index (κ3) is 1.31. The zero-order valence-corrected chi connectivity index (χ0v) is 7.18. The summed E-state index contributed by atoms with van der Waals surface area (Å²) < 4.78 is 30.6. The number of hydrogen-bond donors (Lipinski definition) is 3. The lowest BCUT2D eigenvalue weighted by Crippen LogP contribution is -2.30. The fraction of sp³-hybridized carbons (Fsp3) is 0. The molecule has 0 aliphatic heterocycles. The van der Waals surface area contributed by atoms with Crippen molar-refractivity contribution in [3.8, 4) is 0 Å². The second kappa shape index (κ2) is 3.43. The highest BCUT2D eigenvalue weighted by molar-refractivity contribution is 6.06. The second-order valence-corrected chi connectivity index (χ2v) is 2.61. The fourth-order valence-corrected chi connectivity index (χ4v) is 1.14. The number of nitrogens with one attached hydrogen (secondary N) is 2. The van der Waals surface area contributed by atoms with E-state index in [-0.39, 0.29) is 41.2 Å². The Kier molecular flexibility index (Phi) is 1.24. The van der Waals surface area contributed by atoms with Crippen LogP contribution >= 0.6 is 0 Å². The van der Waals surface area contributed by atoms with E-state index in [2.05, 4.69) is 10.4 Å². The number of hydrogen-bond acceptors (Lipinski definition) is 3. The van der Waals surface area contributed by atoms with Crippen LogP contribution in [0.3, 0.4) is 0 Å². The van der Waals surface area contributed by atoms with Gasteiger partial charge in [0, 0.05) is 11.6 Å². The molecule has 0 bridgehead atoms. The van der Waals surface area contributed by atoms with Crippen molar-refractivity contribution in [2.45, 2.75) is 0 Å². The van der Waals surface area contributed by atoms with Crippen LogP contribution in [-0.4, -0.2) is 10.8 Å². The van der Waals surface area contributed by atoms with Crippen LogP contribution in [0.2, 0.25) is 0 Å². The van der Waals surface area contributed by atoms with Gasteiger partial charge in [-0.1, -0.05) is 24.2 Å². The predicted octanol–water partition coefficient (Wildman–Crippen LogP) is 1.02. The topological polar surface area (TPSA) is 74.8 Å². The standard InChI is InChI=1S/C10H10N4/c11-10(14-12)9-8-4-2-1-3-7(8)5-6-13-9/h1-6H,12H2,(H2,11,14)/i1T,3T,5T,6T. The van der Waals surface area contributed by atoms with Crippen molar-refractivity contribution >= 4 is 16.6 Å². The summed E-state index contributed by atoms with van der Waals surface area (Å²) in [6.45, 7) is 0. The van der Waals surface area contributed by atoms with Crippen molar-refractivity contribution in [3.63, 3.8) is 0 Å². The molecule has 0 unspecified atom stereocenters. The number of hydrazine groups is 1. The van der Waals surface area contributed by atoms with Gasteiger partial charge in [0.2, 0.25) is 0 Å². The molecule has 2 aromatic rings. The van der Waals surface area contributed by atoms with Crippen LogP contribution in [0, 0.1) is 5.41 Å². The number of amidine groups is 1. The third-order valence-corrected chi connectivity index (χ3v) is 1.78. The molecule has 0 aliphatic rings. The number of rotatable bonds is 1. The first-order valence-electron chi connectivity index (χ1n) is 5.90. The van der Waals surface area contributed by atoms with E-state index < -0.39 is 0 Å². The van der Waals surface area contributed by atoms with Gasteiger partial charge in [0.05, 0.1) is 5.48 Å². The van der Waals surface area contributed by atoms with Crippen LogP contribution in [0.25, 0.3) is 10.8 Å². The molecule has 4 heteroatoms. The summed E-state index contributed by atoms with van der Waals surface area (Å²) >= 11 is 0. The normalized spacial score (nSPS) is 14.1. The zero-order chi connectivity index (χ0) is 13.4. The van der Waals surface area contributed by atoms with Crippen LogP contribution in [-0.2, 0) is 0 Å². The van der Waals surface area contributed by atoms with E-state index in [1.165, 1.54) is 12.1 Å². The smallest absolute Gasteiger partial charge is 0.159 e. The minimum atomic E-state index is -0.350. The molecule has 1 aromatic heterocycles. The number of nitrogens with zero attached hydrogens (tertiary/aromatic N) is 1. The maximum atomic E-state index is 7.78. The number of fused-ring (bicyclic) bond motifs is 1. The zero-order valence-electron chi connectivity index (χ0n) is 11.2. The average molecular weight is 194 g/mol. The Morgan fingerprint density at radius 3 is 3.21 bits per heavy atom. The van der Waals surface area contributed by atoms with Gasteiger partial charge in [-0.2, -0.15) is 0 Å². The first kappa shape index (κ1) is 5.07. The van der Waals surface area contributed by atoms with Crippen LogP contribution in [0.5, 0.6) is 0 Å². The van der Waals surface area contributed by atoms with Gasteiger partial charge in [0.1, 0.15) is 5.69 Å². The van der Waals surface area contributed by atoms with Crippen molar-refractivity contribution in [2.24, 2.45) is 5.84 Å². The molecular weight excluding hydrogens is 176 g/mol. The molecule has 0 radical (unpaired) electrons. The van der Waals surface area contributed by atoms with E-state index >= 15 is 0 Å². The molecule has 70 valence electrons. The van der Waals surface area contributed by atoms with Crippen LogP contribution < -0.4 is 11.3 Å². The molecule has 1 heterocycles. The van der Waals surface area contributed by atoms with Gasteiger partial charge in [-0.15, -0.1) is 0 Å². The lowest BCUT2D eigenvalue weighted by molar-refractivity contribution is 1.00. The summed E-state index contributed by atoms with van der Waals surface area (Å²) in [6, 6.07) is 2.47. The number of benzene rings is 1. The molecule has 0 aliphatic carbocycles. The number of aromatic nitrogens is 1. The quantitative estimate of drug-likeness (QED) is 0.274. The van der Waals surface area contributed by atoms with E-state index in [9.17, 15) is 0 Å². The summed E-state index contributed by atoms with van der Waals surface area (Å²) in [7, 11) is 0. The van der Waals surface area contributed by atoms with E-state index in [0.717, 1.165) is 0 Å². The molecule has 0 amide bonds. The summed E-state index contributed by atoms with van der Waals surface area (Å²) in [4.78, 5) is 3.81. The van der Waals surface area contributed by atoms with E-state index in [1.54, 1.807) is 0 Å². The van der Waals surface area contributed by atoms with Gasteiger partial charge >= 0.3 is 0 Å². The van der Waals surface area contributed by atoms with Gasteiger partial charge in [-0.3, -0.25) is 10.4 Å². The Hall–Kier alpha value is -1.94. The SMILES string of the molecule is [3H]c1ccc2c(C(=N)NN)nc([3H])c([3H])c2c1[3H]. The van der Waals surface area contributed by atoms with Gasteiger partial charge < -0.3 is 5.43 Å². The highest BCUT2D eigenvalue weighted by Gasteiger charge is 2.05. The molecule has 0 fully saturated rings. The molecule has 0 spiro atoms. The molecule has 4 nitrogen and oxygen atoms in total. The third-order valence-electron chi connectivity index (χ3n) is 1.78. The first-order valence-corrected chi connectivity index (χ1v) is 3.90. The summed E-state index contributed by atoms with van der Waals surface area (Å²) in [5.74, 6) is 4.94. The van der Waals surface area contributed by atoms with Crippen LogP contribution in [0.1, 0.15) is 11.2 Å². The molecule has 0 saturated carbocycles. The molecular formula is C10H10N4. The van der Waals surface area contributed by atoms with E-state index in [4.69, 9.17) is 16.7 Å². The van der Waals surface area contributed by atoms with Crippen molar-refractivity contribution in [3.05, 3.63) is 42.1 Å². The van der Waals surface area contributed by atoms with Gasteiger partial charge in [0.25, 0.3) is 0 Å². The maximum absolute atomic E-state index is 7.78. The van der Waals surface area contributed by atoms with Gasteiger partial charge in [-0.25, -0.2) is 5.84 Å². The Balaban J connectivity index is 2.96. The highest BCUT2D eigenvalue weighted by Crippen LogP contribution is 2.15. The van der Waals surface area contributed by atoms with Crippen molar-refractivity contribution < 1.29 is 5.48 Å². The monoisotopic (exact) mass is 194 g/mol. The van der Waals surface area contributed by atoms with Gasteiger partial charge in [0.15, 0.2) is 5.84 Å². The predicted molar refractivity (Wildman–Crippen MR) is 55.9 cm³/mol. The Morgan fingerprint density at radius 2 is 2.43 bits per heavy atom. The lowest BCUT2D eigenvalue weighted by Gasteiger charge is -2.05. The molecule has 0 saturated heterocycles. The fourth-order valence-electron chi connectivity index (χ4n) is 1.14. The molecule has 1 aromatic carbocycles. The van der Waals surface area contributed by atoms with Crippen molar-refractivity contribution in [1.82, 2.24) is 10.4 Å². The summed E-state index contributed by atoms with van der Waals surface area (Å²) in [6.07, 6.45) is -0.350. The van der Waals surface area contributed by atoms with Gasteiger partial charge in [-0.05, 0) is 11.4 Å². The Bertz CT molecular complexity index is 648. The largest absolute Gasteiger partial charge is 0.307 e.